The van der Waals surface area contributed by atoms with Gasteiger partial charge in [0.2, 0.25) is 5.56 Å². The lowest BCUT2D eigenvalue weighted by Gasteiger charge is -1.94. The molecule has 1 aromatic heterocycles. The third-order valence-corrected chi connectivity index (χ3v) is 3.25. The van der Waals surface area contributed by atoms with Crippen molar-refractivity contribution in [3.63, 3.8) is 0 Å². The van der Waals surface area contributed by atoms with E-state index < -0.39 is 0 Å². The van der Waals surface area contributed by atoms with Crippen molar-refractivity contribution in [1.82, 2.24) is 15.0 Å². The summed E-state index contributed by atoms with van der Waals surface area (Å²) in [5.41, 5.74) is 3.75. The van der Waals surface area contributed by atoms with E-state index in [4.69, 9.17) is 0 Å². The van der Waals surface area contributed by atoms with Gasteiger partial charge in [0.15, 0.2) is 0 Å². The topological polar surface area (TPSA) is 58.6 Å². The number of rotatable bonds is 0. The van der Waals surface area contributed by atoms with Gasteiger partial charge in [0, 0.05) is 23.2 Å². The number of H-pyrrole nitrogens is 1. The Labute approximate surface area is 108 Å². The number of fused-ring (bicyclic) bond motifs is 5. The third kappa shape index (κ3) is 1.43. The highest BCUT2D eigenvalue weighted by molar-refractivity contribution is 6.03. The number of hydrogen-bond acceptors (Lipinski definition) is 3. The van der Waals surface area contributed by atoms with Crippen molar-refractivity contribution in [3.05, 3.63) is 59.0 Å². The number of pyridine rings is 1. The monoisotopic (exact) mass is 247 g/mol. The van der Waals surface area contributed by atoms with Crippen molar-refractivity contribution < 1.29 is 0 Å². The number of benzene rings is 1. The van der Waals surface area contributed by atoms with Crippen LogP contribution in [0.3, 0.4) is 0 Å². The number of aromatic amines is 1. The van der Waals surface area contributed by atoms with E-state index >= 15 is 0 Å². The number of nitrogens with zero attached hydrogens (tertiary/aromatic N) is 2. The molecule has 4 nitrogen and oxygen atoms in total. The third-order valence-electron chi connectivity index (χ3n) is 3.25. The van der Waals surface area contributed by atoms with Gasteiger partial charge in [0.1, 0.15) is 5.52 Å². The molecule has 2 aromatic rings. The molecule has 2 aliphatic heterocycles. The van der Waals surface area contributed by atoms with Crippen LogP contribution in [-0.4, -0.2) is 15.0 Å². The normalized spacial score (nSPS) is 11.4. The number of aromatic nitrogens is 3. The maximum absolute atomic E-state index is 11.9. The molecule has 0 saturated heterocycles. The van der Waals surface area contributed by atoms with Crippen LogP contribution in [0.5, 0.6) is 0 Å². The quantitative estimate of drug-likeness (QED) is 0.519. The Balaban J connectivity index is 2.33. The van der Waals surface area contributed by atoms with E-state index in [9.17, 15) is 4.79 Å². The molecule has 1 aromatic carbocycles. The summed E-state index contributed by atoms with van der Waals surface area (Å²) in [5, 5.41) is 0.978. The van der Waals surface area contributed by atoms with Crippen molar-refractivity contribution in [2.45, 2.75) is 0 Å². The zero-order valence-electron chi connectivity index (χ0n) is 9.92. The summed E-state index contributed by atoms with van der Waals surface area (Å²) >= 11 is 0. The SMILES string of the molecule is O=c1cc2c3ccccc3nc-2c2ncccc2[nH]1. The highest BCUT2D eigenvalue weighted by Gasteiger charge is 2.15. The molecule has 0 saturated carbocycles. The largest absolute Gasteiger partial charge is 0.321 e. The first kappa shape index (κ1) is 10.2. The molecule has 2 aliphatic rings. The molecule has 0 fully saturated rings. The molecule has 0 spiro atoms. The lowest BCUT2D eigenvalue weighted by molar-refractivity contribution is 1.31. The second-order valence-corrected chi connectivity index (χ2v) is 4.42. The zero-order valence-corrected chi connectivity index (χ0v) is 9.92. The van der Waals surface area contributed by atoms with E-state index in [-0.39, 0.29) is 5.56 Å². The van der Waals surface area contributed by atoms with Gasteiger partial charge >= 0.3 is 0 Å². The van der Waals surface area contributed by atoms with Gasteiger partial charge < -0.3 is 4.98 Å². The van der Waals surface area contributed by atoms with Crippen molar-refractivity contribution in [1.29, 1.82) is 0 Å². The standard InChI is InChI=1S/C15H9N3O/c19-13-8-10-9-4-1-2-5-11(9)18-14(10)15-12(17-13)6-3-7-16-15/h1-8H,(H,17,19). The van der Waals surface area contributed by atoms with Crippen molar-refractivity contribution in [3.8, 4) is 11.3 Å². The van der Waals surface area contributed by atoms with Crippen LogP contribution in [0.1, 0.15) is 0 Å². The van der Waals surface area contributed by atoms with Crippen molar-refractivity contribution in [2.75, 3.05) is 0 Å². The molecule has 0 unspecified atom stereocenters. The van der Waals surface area contributed by atoms with Crippen molar-refractivity contribution in [2.24, 2.45) is 0 Å². The highest BCUT2D eigenvalue weighted by atomic mass is 16.1. The van der Waals surface area contributed by atoms with E-state index in [2.05, 4.69) is 15.0 Å². The molecule has 0 aliphatic carbocycles. The van der Waals surface area contributed by atoms with Gasteiger partial charge in [-0.25, -0.2) is 4.98 Å². The van der Waals surface area contributed by atoms with Crippen molar-refractivity contribution >= 4 is 21.9 Å². The minimum Gasteiger partial charge on any atom is -0.321 e. The Bertz CT molecular complexity index is 943. The maximum Gasteiger partial charge on any atom is 0.249 e. The van der Waals surface area contributed by atoms with Crippen LogP contribution in [0.25, 0.3) is 33.2 Å². The van der Waals surface area contributed by atoms with Crippen LogP contribution in [-0.2, 0) is 0 Å². The molecule has 0 radical (unpaired) electrons. The van der Waals surface area contributed by atoms with Crippen LogP contribution >= 0.6 is 0 Å². The second kappa shape index (κ2) is 3.62. The van der Waals surface area contributed by atoms with Crippen LogP contribution in [0.2, 0.25) is 0 Å². The number of nitrogens with one attached hydrogen (secondary N) is 1. The lowest BCUT2D eigenvalue weighted by atomic mass is 10.1. The summed E-state index contributed by atoms with van der Waals surface area (Å²) in [7, 11) is 0. The Morgan fingerprint density at radius 3 is 2.89 bits per heavy atom. The van der Waals surface area contributed by atoms with Crippen LogP contribution in [0, 0.1) is 0 Å². The Morgan fingerprint density at radius 2 is 1.95 bits per heavy atom. The van der Waals surface area contributed by atoms with Gasteiger partial charge in [0.25, 0.3) is 0 Å². The lowest BCUT2D eigenvalue weighted by Crippen LogP contribution is -1.98. The molecule has 0 atom stereocenters. The summed E-state index contributed by atoms with van der Waals surface area (Å²) in [6.45, 7) is 0. The van der Waals surface area contributed by atoms with Gasteiger partial charge in [-0.1, -0.05) is 18.2 Å². The summed E-state index contributed by atoms with van der Waals surface area (Å²) in [5.74, 6) is 0. The van der Waals surface area contributed by atoms with Crippen LogP contribution in [0.4, 0.5) is 0 Å². The fraction of sp³-hybridized carbons (Fsp3) is 0. The first-order valence-corrected chi connectivity index (χ1v) is 5.99. The molecule has 90 valence electrons. The Kier molecular flexibility index (Phi) is 1.94. The Morgan fingerprint density at radius 1 is 1.05 bits per heavy atom. The van der Waals surface area contributed by atoms with Gasteiger partial charge in [-0.2, -0.15) is 0 Å². The molecule has 4 rings (SSSR count). The Hall–Kier alpha value is -2.75. The van der Waals surface area contributed by atoms with E-state index in [1.165, 1.54) is 0 Å². The molecule has 1 N–H and O–H groups in total. The van der Waals surface area contributed by atoms with Gasteiger partial charge in [0.05, 0.1) is 16.7 Å². The fourth-order valence-electron chi connectivity index (χ4n) is 2.43. The van der Waals surface area contributed by atoms with E-state index in [0.717, 1.165) is 27.7 Å². The summed E-state index contributed by atoms with van der Waals surface area (Å²) in [4.78, 5) is 23.7. The summed E-state index contributed by atoms with van der Waals surface area (Å²) < 4.78 is 0. The van der Waals surface area contributed by atoms with Gasteiger partial charge in [-0.15, -0.1) is 0 Å². The predicted molar refractivity (Wildman–Crippen MR) is 74.3 cm³/mol. The molecular formula is C15H9N3O. The van der Waals surface area contributed by atoms with E-state index in [1.54, 1.807) is 18.3 Å². The van der Waals surface area contributed by atoms with Crippen LogP contribution < -0.4 is 5.56 Å². The first-order chi connectivity index (χ1) is 9.33. The van der Waals surface area contributed by atoms with Gasteiger partial charge in [-0.05, 0) is 18.2 Å². The molecule has 0 amide bonds. The molecule has 0 bridgehead atoms. The minimum atomic E-state index is -0.147. The average molecular weight is 247 g/mol. The fourth-order valence-corrected chi connectivity index (χ4v) is 2.43. The van der Waals surface area contributed by atoms with Gasteiger partial charge in [-0.3, -0.25) is 9.78 Å². The summed E-state index contributed by atoms with van der Waals surface area (Å²) in [6.07, 6.45) is 1.71. The molecule has 19 heavy (non-hydrogen) atoms. The van der Waals surface area contributed by atoms with E-state index in [1.807, 2.05) is 30.3 Å². The van der Waals surface area contributed by atoms with Crippen LogP contribution in [0.15, 0.2) is 53.5 Å². The highest BCUT2D eigenvalue weighted by Crippen LogP contribution is 2.32. The predicted octanol–water partition coefficient (Wildman–Crippen LogP) is 2.58. The van der Waals surface area contributed by atoms with E-state index in [0.29, 0.717) is 5.52 Å². The number of hydrogen-bond donors (Lipinski definition) is 1. The zero-order chi connectivity index (χ0) is 12.8. The first-order valence-electron chi connectivity index (χ1n) is 5.99. The number of para-hydroxylation sites is 1. The second-order valence-electron chi connectivity index (χ2n) is 4.42. The average Bonchev–Trinajstić information content (AvgIpc) is 2.71. The molecule has 3 heterocycles. The minimum absolute atomic E-state index is 0.147. The smallest absolute Gasteiger partial charge is 0.249 e. The maximum atomic E-state index is 11.9. The molecule has 4 heteroatoms. The molecular weight excluding hydrogens is 238 g/mol. The summed E-state index contributed by atoms with van der Waals surface area (Å²) in [6, 6.07) is 13.0.